The van der Waals surface area contributed by atoms with Gasteiger partial charge in [-0.3, -0.25) is 4.57 Å². The molecule has 0 aromatic carbocycles. The average molecular weight is 307 g/mol. The molecule has 0 amide bonds. The fourth-order valence-electron chi connectivity index (χ4n) is 3.39. The molecule has 2 aliphatic rings. The molecule has 4 rings (SSSR count). The Morgan fingerprint density at radius 1 is 1.50 bits per heavy atom. The van der Waals surface area contributed by atoms with Gasteiger partial charge in [-0.2, -0.15) is 0 Å². The van der Waals surface area contributed by atoms with E-state index >= 15 is 0 Å². The molecule has 3 N–H and O–H groups in total. The summed E-state index contributed by atoms with van der Waals surface area (Å²) >= 11 is 0. The van der Waals surface area contributed by atoms with Crippen molar-refractivity contribution in [3.8, 4) is 0 Å². The first-order valence-corrected chi connectivity index (χ1v) is 7.06. The Balaban J connectivity index is 1.81. The van der Waals surface area contributed by atoms with Gasteiger partial charge in [0, 0.05) is 13.5 Å². The van der Waals surface area contributed by atoms with E-state index in [0.717, 1.165) is 0 Å². The zero-order valence-corrected chi connectivity index (χ0v) is 12.0. The molecule has 0 aliphatic carbocycles. The van der Waals surface area contributed by atoms with Crippen molar-refractivity contribution in [2.24, 2.45) is 0 Å². The highest BCUT2D eigenvalue weighted by atomic mass is 16.6. The normalized spacial score (nSPS) is 34.4. The van der Waals surface area contributed by atoms with Gasteiger partial charge in [0.25, 0.3) is 0 Å². The van der Waals surface area contributed by atoms with Crippen molar-refractivity contribution in [2.45, 2.75) is 30.5 Å². The number of rotatable bonds is 3. The Morgan fingerprint density at radius 3 is 3.09 bits per heavy atom. The lowest BCUT2D eigenvalue weighted by atomic mass is 9.90. The van der Waals surface area contributed by atoms with Gasteiger partial charge < -0.3 is 25.1 Å². The Labute approximate surface area is 126 Å². The van der Waals surface area contributed by atoms with Crippen LogP contribution in [0.4, 0.5) is 5.82 Å². The molecule has 2 saturated heterocycles. The van der Waals surface area contributed by atoms with Crippen LogP contribution in [0.3, 0.4) is 0 Å². The van der Waals surface area contributed by atoms with Crippen LogP contribution >= 0.6 is 0 Å². The lowest BCUT2D eigenvalue weighted by Crippen LogP contribution is -2.52. The number of ether oxygens (including phenoxy) is 3. The van der Waals surface area contributed by atoms with Gasteiger partial charge in [0.2, 0.25) is 0 Å². The first-order valence-electron chi connectivity index (χ1n) is 7.06. The third-order valence-electron chi connectivity index (χ3n) is 4.47. The zero-order valence-electron chi connectivity index (χ0n) is 12.0. The molecule has 0 radical (unpaired) electrons. The first kappa shape index (κ1) is 13.8. The van der Waals surface area contributed by atoms with E-state index in [1.165, 1.54) is 6.33 Å². The van der Waals surface area contributed by atoms with E-state index in [0.29, 0.717) is 30.0 Å². The Kier molecular flexibility index (Phi) is 3.05. The lowest BCUT2D eigenvalue weighted by Gasteiger charge is -2.36. The molecule has 2 fully saturated rings. The second-order valence-electron chi connectivity index (χ2n) is 5.56. The van der Waals surface area contributed by atoms with Crippen LogP contribution in [0.1, 0.15) is 12.6 Å². The Bertz CT molecular complexity index is 707. The molecule has 9 nitrogen and oxygen atoms in total. The summed E-state index contributed by atoms with van der Waals surface area (Å²) in [6.45, 7) is 0.372. The number of nitrogens with two attached hydrogens (primary N) is 1. The van der Waals surface area contributed by atoms with Gasteiger partial charge >= 0.3 is 0 Å². The van der Waals surface area contributed by atoms with Gasteiger partial charge in [-0.05, 0) is 0 Å². The van der Waals surface area contributed by atoms with Gasteiger partial charge in [0.15, 0.2) is 17.7 Å². The largest absolute Gasteiger partial charge is 0.393 e. The molecule has 2 aromatic rings. The van der Waals surface area contributed by atoms with Gasteiger partial charge in [0.05, 0.1) is 19.5 Å². The van der Waals surface area contributed by atoms with E-state index in [9.17, 15) is 5.11 Å². The van der Waals surface area contributed by atoms with Gasteiger partial charge in [-0.1, -0.05) is 0 Å². The maximum atomic E-state index is 9.81. The highest BCUT2D eigenvalue weighted by Gasteiger charge is 2.59. The maximum Gasteiger partial charge on any atom is 0.167 e. The van der Waals surface area contributed by atoms with E-state index < -0.39 is 11.8 Å². The van der Waals surface area contributed by atoms with Crippen LogP contribution in [0, 0.1) is 0 Å². The first-order chi connectivity index (χ1) is 10.7. The quantitative estimate of drug-likeness (QED) is 0.777. The summed E-state index contributed by atoms with van der Waals surface area (Å²) in [5.74, 6) is 0.311. The maximum absolute atomic E-state index is 9.81. The van der Waals surface area contributed by atoms with Crippen molar-refractivity contribution in [2.75, 3.05) is 26.1 Å². The molecular weight excluding hydrogens is 290 g/mol. The number of anilines is 1. The minimum absolute atomic E-state index is 0.133. The smallest absolute Gasteiger partial charge is 0.167 e. The molecule has 118 valence electrons. The molecule has 4 heterocycles. The van der Waals surface area contributed by atoms with Gasteiger partial charge in [-0.25, -0.2) is 15.0 Å². The number of nitrogens with zero attached hydrogens (tertiary/aromatic N) is 4. The molecule has 0 spiro atoms. The van der Waals surface area contributed by atoms with Crippen LogP contribution in [-0.2, 0) is 14.2 Å². The minimum atomic E-state index is -0.766. The van der Waals surface area contributed by atoms with Crippen LogP contribution in [0.25, 0.3) is 11.2 Å². The van der Waals surface area contributed by atoms with Crippen molar-refractivity contribution in [1.82, 2.24) is 19.5 Å². The lowest BCUT2D eigenvalue weighted by molar-refractivity contribution is -0.154. The molecule has 4 atom stereocenters. The van der Waals surface area contributed by atoms with Crippen LogP contribution in [-0.4, -0.2) is 62.8 Å². The molecule has 2 aromatic heterocycles. The predicted octanol–water partition coefficient (Wildman–Crippen LogP) is -0.528. The molecule has 3 unspecified atom stereocenters. The summed E-state index contributed by atoms with van der Waals surface area (Å²) in [5.41, 5.74) is 6.13. The summed E-state index contributed by atoms with van der Waals surface area (Å²) in [5, 5.41) is 9.81. The summed E-state index contributed by atoms with van der Waals surface area (Å²) < 4.78 is 19.3. The molecule has 2 bridgehead atoms. The van der Waals surface area contributed by atoms with E-state index in [1.54, 1.807) is 18.0 Å². The number of hydrogen-bond acceptors (Lipinski definition) is 8. The second kappa shape index (κ2) is 4.85. The summed E-state index contributed by atoms with van der Waals surface area (Å²) in [7, 11) is 1.59. The van der Waals surface area contributed by atoms with E-state index in [2.05, 4.69) is 15.0 Å². The molecule has 2 aliphatic heterocycles. The van der Waals surface area contributed by atoms with Crippen molar-refractivity contribution in [3.05, 3.63) is 12.7 Å². The predicted molar refractivity (Wildman–Crippen MR) is 74.8 cm³/mol. The number of hydrogen-bond donors (Lipinski definition) is 2. The standard InChI is InChI=1S/C13H17N5O4/c1-20-9-8-12(22-13(9,4-19)2-3-21-8)18-6-17-7-10(14)15-5-16-11(7)18/h5-6,8-9,12,19H,2-4H2,1H3,(H2,14,15,16)/t8?,9?,12?,13-/m1/s1. The van der Waals surface area contributed by atoms with Crippen LogP contribution in [0.5, 0.6) is 0 Å². The third kappa shape index (κ3) is 1.70. The summed E-state index contributed by atoms with van der Waals surface area (Å²) in [6.07, 6.45) is 2.36. The molecular formula is C13H17N5O4. The summed E-state index contributed by atoms with van der Waals surface area (Å²) in [4.78, 5) is 12.4. The van der Waals surface area contributed by atoms with Crippen LogP contribution in [0.15, 0.2) is 12.7 Å². The van der Waals surface area contributed by atoms with Crippen molar-refractivity contribution >= 4 is 17.0 Å². The number of aromatic nitrogens is 4. The number of imidazole rings is 1. The molecule has 0 saturated carbocycles. The average Bonchev–Trinajstić information content (AvgIpc) is 3.03. The van der Waals surface area contributed by atoms with Gasteiger partial charge in [-0.15, -0.1) is 0 Å². The van der Waals surface area contributed by atoms with Crippen molar-refractivity contribution in [3.63, 3.8) is 0 Å². The highest BCUT2D eigenvalue weighted by molar-refractivity contribution is 5.81. The fraction of sp³-hybridized carbons (Fsp3) is 0.615. The monoisotopic (exact) mass is 307 g/mol. The number of aliphatic hydroxyl groups is 1. The van der Waals surface area contributed by atoms with Crippen molar-refractivity contribution in [1.29, 1.82) is 0 Å². The highest BCUT2D eigenvalue weighted by Crippen LogP contribution is 2.46. The van der Waals surface area contributed by atoms with E-state index in [1.807, 2.05) is 0 Å². The zero-order chi connectivity index (χ0) is 15.3. The number of aliphatic hydroxyl groups excluding tert-OH is 1. The third-order valence-corrected chi connectivity index (χ3v) is 4.47. The van der Waals surface area contributed by atoms with Crippen LogP contribution < -0.4 is 5.73 Å². The van der Waals surface area contributed by atoms with Crippen LogP contribution in [0.2, 0.25) is 0 Å². The molecule has 22 heavy (non-hydrogen) atoms. The number of nitrogen functional groups attached to an aromatic ring is 1. The number of methoxy groups -OCH3 is 1. The van der Waals surface area contributed by atoms with E-state index in [-0.39, 0.29) is 18.8 Å². The SMILES string of the molecule is COC1C2OCC[C@]1(CO)OC2n1cnc2c(N)ncnc21. The fourth-order valence-corrected chi connectivity index (χ4v) is 3.39. The van der Waals surface area contributed by atoms with E-state index in [4.69, 9.17) is 19.9 Å². The Hall–Kier alpha value is -1.81. The molecule has 9 heteroatoms. The summed E-state index contributed by atoms with van der Waals surface area (Å²) in [6, 6.07) is 0. The van der Waals surface area contributed by atoms with Crippen molar-refractivity contribution < 1.29 is 19.3 Å². The topological polar surface area (TPSA) is 118 Å². The second-order valence-corrected chi connectivity index (χ2v) is 5.56. The Morgan fingerprint density at radius 2 is 2.36 bits per heavy atom. The minimum Gasteiger partial charge on any atom is -0.393 e. The number of fused-ring (bicyclic) bond motifs is 3. The van der Waals surface area contributed by atoms with Gasteiger partial charge in [0.1, 0.15) is 29.7 Å².